The predicted octanol–water partition coefficient (Wildman–Crippen LogP) is 2.55. The highest BCUT2D eigenvalue weighted by molar-refractivity contribution is 5.13. The highest BCUT2D eigenvalue weighted by Gasteiger charge is 1.99. The molecule has 11 heavy (non-hydrogen) atoms. The fraction of sp³-hybridized carbons (Fsp3) is 0.250. The lowest BCUT2D eigenvalue weighted by Gasteiger charge is -1.84. The first-order valence-corrected chi connectivity index (χ1v) is 3.32. The Balaban J connectivity index is 0. The van der Waals surface area contributed by atoms with Gasteiger partial charge in [-0.15, -0.1) is 0 Å². The summed E-state index contributed by atoms with van der Waals surface area (Å²) in [5.41, 5.74) is -0.0370. The Morgan fingerprint density at radius 2 is 1.91 bits per heavy atom. The number of allylic oxidation sites excluding steroid dienone is 3. The average molecular weight is 155 g/mol. The molecule has 0 radical (unpaired) electrons. The summed E-state index contributed by atoms with van der Waals surface area (Å²) in [6, 6.07) is 0. The second kappa shape index (κ2) is 8.62. The van der Waals surface area contributed by atoms with Crippen LogP contribution in [0.2, 0.25) is 0 Å². The fourth-order valence-corrected chi connectivity index (χ4v) is 0.324. The molecule has 0 aliphatic heterocycles. The van der Waals surface area contributed by atoms with Gasteiger partial charge in [-0.3, -0.25) is 10.1 Å². The van der Waals surface area contributed by atoms with E-state index < -0.39 is 4.92 Å². The van der Waals surface area contributed by atoms with Gasteiger partial charge >= 0.3 is 0 Å². The molecule has 0 aromatic heterocycles. The van der Waals surface area contributed by atoms with Crippen molar-refractivity contribution in [2.75, 3.05) is 0 Å². The number of nitrogens with zero attached hydrogens (tertiary/aromatic N) is 1. The zero-order valence-corrected chi connectivity index (χ0v) is 6.91. The summed E-state index contributed by atoms with van der Waals surface area (Å²) in [7, 11) is 0. The third-order valence-electron chi connectivity index (χ3n) is 0.709. The summed E-state index contributed by atoms with van der Waals surface area (Å²) < 4.78 is 0. The zero-order valence-electron chi connectivity index (χ0n) is 6.91. The van der Waals surface area contributed by atoms with Crippen molar-refractivity contribution in [1.82, 2.24) is 0 Å². The van der Waals surface area contributed by atoms with Gasteiger partial charge in [-0.1, -0.05) is 33.1 Å². The molecule has 0 unspecified atom stereocenters. The molecule has 3 nitrogen and oxygen atoms in total. The van der Waals surface area contributed by atoms with E-state index in [4.69, 9.17) is 0 Å². The minimum Gasteiger partial charge on any atom is -0.258 e. The van der Waals surface area contributed by atoms with E-state index in [0.29, 0.717) is 0 Å². The van der Waals surface area contributed by atoms with Crippen LogP contribution >= 0.6 is 0 Å². The fourth-order valence-electron chi connectivity index (χ4n) is 0.324. The minimum absolute atomic E-state index is 0.0370. The summed E-state index contributed by atoms with van der Waals surface area (Å²) in [6.07, 6.45) is 3.80. The van der Waals surface area contributed by atoms with Crippen LogP contribution in [-0.4, -0.2) is 4.92 Å². The van der Waals surface area contributed by atoms with Crippen LogP contribution in [0.25, 0.3) is 0 Å². The average Bonchev–Trinajstić information content (AvgIpc) is 2.03. The Labute approximate surface area is 66.9 Å². The SMILES string of the molecule is C=C/C=C(\C=C)[N+](=O)[O-].CC. The van der Waals surface area contributed by atoms with E-state index in [1.54, 1.807) is 0 Å². The van der Waals surface area contributed by atoms with Gasteiger partial charge in [-0.05, 0) is 0 Å². The number of rotatable bonds is 3. The van der Waals surface area contributed by atoms with E-state index in [2.05, 4.69) is 13.2 Å². The third-order valence-corrected chi connectivity index (χ3v) is 0.709. The van der Waals surface area contributed by atoms with Gasteiger partial charge in [0.2, 0.25) is 0 Å². The van der Waals surface area contributed by atoms with Crippen LogP contribution in [0.1, 0.15) is 13.8 Å². The Bertz CT molecular complexity index is 171. The van der Waals surface area contributed by atoms with Gasteiger partial charge in [-0.2, -0.15) is 0 Å². The van der Waals surface area contributed by atoms with Gasteiger partial charge in [0.05, 0.1) is 4.92 Å². The van der Waals surface area contributed by atoms with E-state index in [0.717, 1.165) is 0 Å². The van der Waals surface area contributed by atoms with Crippen molar-refractivity contribution in [3.8, 4) is 0 Å². The van der Waals surface area contributed by atoms with Crippen LogP contribution in [-0.2, 0) is 0 Å². The standard InChI is InChI=1S/C6H7NO2.C2H6/c1-3-5-6(4-2)7(8)9;1-2/h3-5H,1-2H2;1-2H3/b6-5+;. The van der Waals surface area contributed by atoms with Crippen LogP contribution in [0, 0.1) is 10.1 Å². The molecule has 0 saturated heterocycles. The summed E-state index contributed by atoms with van der Waals surface area (Å²) in [6.45, 7) is 10.5. The van der Waals surface area contributed by atoms with Crippen LogP contribution < -0.4 is 0 Å². The molecule has 0 heterocycles. The van der Waals surface area contributed by atoms with Gasteiger partial charge in [-0.25, -0.2) is 0 Å². The monoisotopic (exact) mass is 155 g/mol. The summed E-state index contributed by atoms with van der Waals surface area (Å²) in [5, 5.41) is 9.94. The topological polar surface area (TPSA) is 43.1 Å². The van der Waals surface area contributed by atoms with Gasteiger partial charge in [0, 0.05) is 12.2 Å². The summed E-state index contributed by atoms with van der Waals surface area (Å²) in [5.74, 6) is 0. The first kappa shape index (κ1) is 12.3. The highest BCUT2D eigenvalue weighted by Crippen LogP contribution is 1.94. The van der Waals surface area contributed by atoms with Crippen molar-refractivity contribution in [1.29, 1.82) is 0 Å². The first-order valence-electron chi connectivity index (χ1n) is 3.32. The molecule has 0 amide bonds. The molecule has 3 heteroatoms. The molecule has 62 valence electrons. The van der Waals surface area contributed by atoms with Crippen molar-refractivity contribution >= 4 is 0 Å². The van der Waals surface area contributed by atoms with Gasteiger partial charge in [0.15, 0.2) is 0 Å². The van der Waals surface area contributed by atoms with Crippen molar-refractivity contribution < 1.29 is 4.92 Å². The maximum Gasteiger partial charge on any atom is 0.268 e. The van der Waals surface area contributed by atoms with Crippen LogP contribution in [0.3, 0.4) is 0 Å². The van der Waals surface area contributed by atoms with Crippen molar-refractivity contribution in [2.24, 2.45) is 0 Å². The maximum atomic E-state index is 9.94. The van der Waals surface area contributed by atoms with Crippen LogP contribution in [0.4, 0.5) is 0 Å². The van der Waals surface area contributed by atoms with Crippen molar-refractivity contribution in [3.05, 3.63) is 47.2 Å². The van der Waals surface area contributed by atoms with Gasteiger partial charge < -0.3 is 0 Å². The third kappa shape index (κ3) is 6.51. The molecule has 0 fully saturated rings. The number of nitro groups is 1. The van der Waals surface area contributed by atoms with E-state index in [1.807, 2.05) is 13.8 Å². The van der Waals surface area contributed by atoms with Crippen molar-refractivity contribution in [2.45, 2.75) is 13.8 Å². The molecule has 0 N–H and O–H groups in total. The molecule has 0 bridgehead atoms. The smallest absolute Gasteiger partial charge is 0.258 e. The molecule has 0 saturated carbocycles. The zero-order chi connectivity index (χ0) is 9.28. The Hall–Kier alpha value is -1.38. The van der Waals surface area contributed by atoms with E-state index in [1.165, 1.54) is 18.2 Å². The van der Waals surface area contributed by atoms with Crippen LogP contribution in [0.5, 0.6) is 0 Å². The summed E-state index contributed by atoms with van der Waals surface area (Å²) in [4.78, 5) is 9.42. The predicted molar refractivity (Wildman–Crippen MR) is 46.8 cm³/mol. The normalized spacial score (nSPS) is 9.09. The largest absolute Gasteiger partial charge is 0.268 e. The maximum absolute atomic E-state index is 9.94. The molecule has 0 aromatic carbocycles. The molecule has 0 aliphatic carbocycles. The van der Waals surface area contributed by atoms with E-state index in [9.17, 15) is 10.1 Å². The van der Waals surface area contributed by atoms with Crippen LogP contribution in [0.15, 0.2) is 37.1 Å². The van der Waals surface area contributed by atoms with Crippen molar-refractivity contribution in [3.63, 3.8) is 0 Å². The van der Waals surface area contributed by atoms with Gasteiger partial charge in [0.25, 0.3) is 5.70 Å². The summed E-state index contributed by atoms with van der Waals surface area (Å²) >= 11 is 0. The van der Waals surface area contributed by atoms with E-state index in [-0.39, 0.29) is 5.70 Å². The minimum atomic E-state index is -0.519. The second-order valence-corrected chi connectivity index (χ2v) is 1.29. The molecule has 0 atom stereocenters. The highest BCUT2D eigenvalue weighted by atomic mass is 16.6. The molecular formula is C8H13NO2. The molecule has 0 aliphatic rings. The Kier molecular flexibility index (Phi) is 9.65. The lowest BCUT2D eigenvalue weighted by molar-refractivity contribution is -0.418. The molecular weight excluding hydrogens is 142 g/mol. The quantitative estimate of drug-likeness (QED) is 0.357. The number of hydrogen-bond donors (Lipinski definition) is 0. The lowest BCUT2D eigenvalue weighted by Crippen LogP contribution is -1.93. The van der Waals surface area contributed by atoms with E-state index >= 15 is 0 Å². The molecule has 0 aromatic rings. The Morgan fingerprint density at radius 1 is 1.45 bits per heavy atom. The molecule has 0 rings (SSSR count). The lowest BCUT2D eigenvalue weighted by atomic mass is 10.4. The second-order valence-electron chi connectivity index (χ2n) is 1.29. The van der Waals surface area contributed by atoms with Gasteiger partial charge in [0.1, 0.15) is 0 Å². The molecule has 0 spiro atoms. The Morgan fingerprint density at radius 3 is 2.00 bits per heavy atom. The first-order chi connectivity index (χ1) is 5.22. The number of hydrogen-bond acceptors (Lipinski definition) is 2.